The van der Waals surface area contributed by atoms with Gasteiger partial charge in [-0.1, -0.05) is 39.0 Å². The number of hydrogen-bond acceptors (Lipinski definition) is 4. The molecule has 4 rings (SSSR count). The molecule has 7 heteroatoms. The maximum atomic E-state index is 13.5. The van der Waals surface area contributed by atoms with Crippen LogP contribution in [0.2, 0.25) is 0 Å². The van der Waals surface area contributed by atoms with E-state index in [9.17, 15) is 8.42 Å². The van der Waals surface area contributed by atoms with Crippen LogP contribution in [-0.2, 0) is 15.4 Å². The Labute approximate surface area is 179 Å². The van der Waals surface area contributed by atoms with Crippen LogP contribution in [-0.4, -0.2) is 40.4 Å². The molecule has 1 aliphatic heterocycles. The molecule has 0 bridgehead atoms. The smallest absolute Gasteiger partial charge is 0.243 e. The van der Waals surface area contributed by atoms with Crippen LogP contribution in [0.15, 0.2) is 41.4 Å². The minimum atomic E-state index is -3.53. The van der Waals surface area contributed by atoms with Gasteiger partial charge in [-0.25, -0.2) is 8.42 Å². The van der Waals surface area contributed by atoms with E-state index in [2.05, 4.69) is 31.0 Å². The van der Waals surface area contributed by atoms with Crippen molar-refractivity contribution < 1.29 is 8.42 Å². The van der Waals surface area contributed by atoms with Gasteiger partial charge in [-0.3, -0.25) is 4.40 Å². The van der Waals surface area contributed by atoms with Crippen LogP contribution in [0.1, 0.15) is 62.0 Å². The fraction of sp³-hybridized carbons (Fsp3) is 0.478. The van der Waals surface area contributed by atoms with Crippen molar-refractivity contribution in [2.45, 2.75) is 63.7 Å². The Balaban J connectivity index is 1.57. The summed E-state index contributed by atoms with van der Waals surface area (Å²) in [5, 5.41) is 8.61. The molecule has 3 aromatic rings. The molecule has 0 saturated carbocycles. The summed E-state index contributed by atoms with van der Waals surface area (Å²) < 4.78 is 30.6. The number of hydrogen-bond donors (Lipinski definition) is 0. The van der Waals surface area contributed by atoms with Crippen LogP contribution in [0.5, 0.6) is 0 Å². The highest BCUT2D eigenvalue weighted by atomic mass is 32.2. The molecule has 2 aromatic heterocycles. The second-order valence-corrected chi connectivity index (χ2v) is 11.2. The van der Waals surface area contributed by atoms with Gasteiger partial charge in [0.1, 0.15) is 5.82 Å². The summed E-state index contributed by atoms with van der Waals surface area (Å²) in [7, 11) is -3.53. The zero-order valence-electron chi connectivity index (χ0n) is 18.4. The van der Waals surface area contributed by atoms with E-state index in [1.807, 2.05) is 54.8 Å². The molecule has 0 spiro atoms. The highest BCUT2D eigenvalue weighted by molar-refractivity contribution is 7.89. The maximum Gasteiger partial charge on any atom is 0.243 e. The van der Waals surface area contributed by atoms with Crippen LogP contribution in [0.3, 0.4) is 0 Å². The molecule has 0 aliphatic carbocycles. The molecule has 160 valence electrons. The first-order chi connectivity index (χ1) is 14.1. The fourth-order valence-electron chi connectivity index (χ4n) is 4.41. The molecule has 1 fully saturated rings. The number of aryl methyl sites for hydroxylation is 2. The summed E-state index contributed by atoms with van der Waals surface area (Å²) in [5.74, 6) is 1.13. The van der Waals surface area contributed by atoms with E-state index < -0.39 is 10.0 Å². The number of aromatic nitrogens is 3. The van der Waals surface area contributed by atoms with Crippen molar-refractivity contribution in [1.82, 2.24) is 18.9 Å². The largest absolute Gasteiger partial charge is 0.286 e. The average Bonchev–Trinajstić information content (AvgIpc) is 3.11. The Bertz CT molecular complexity index is 1160. The number of fused-ring (bicyclic) bond motifs is 1. The van der Waals surface area contributed by atoms with Gasteiger partial charge in [0.25, 0.3) is 0 Å². The van der Waals surface area contributed by atoms with E-state index >= 15 is 0 Å². The van der Waals surface area contributed by atoms with Crippen molar-refractivity contribution in [3.8, 4) is 0 Å². The summed E-state index contributed by atoms with van der Waals surface area (Å²) in [4.78, 5) is 0.460. The third kappa shape index (κ3) is 3.65. The molecule has 0 amide bonds. The summed E-state index contributed by atoms with van der Waals surface area (Å²) >= 11 is 0. The minimum Gasteiger partial charge on any atom is -0.286 e. The lowest BCUT2D eigenvalue weighted by molar-refractivity contribution is 0.312. The lowest BCUT2D eigenvalue weighted by Crippen LogP contribution is -2.38. The molecular weight excluding hydrogens is 396 g/mol. The standard InChI is InChI=1S/C23H30N4O2S/c1-16-14-19(23(3,4)5)15-17(2)21(16)30(28,29)26-12-9-18(10-13-26)22-25-24-20-8-6-7-11-27(20)22/h6-8,11,14-15,18H,9-10,12-13H2,1-5H3. The van der Waals surface area contributed by atoms with Gasteiger partial charge < -0.3 is 0 Å². The van der Waals surface area contributed by atoms with Crippen molar-refractivity contribution in [1.29, 1.82) is 0 Å². The molecule has 1 aliphatic rings. The van der Waals surface area contributed by atoms with Crippen molar-refractivity contribution >= 4 is 15.7 Å². The average molecular weight is 427 g/mol. The zero-order chi connectivity index (χ0) is 21.7. The second kappa shape index (κ2) is 7.46. The lowest BCUT2D eigenvalue weighted by Gasteiger charge is -2.31. The molecule has 1 aromatic carbocycles. The number of benzene rings is 1. The molecule has 0 atom stereocenters. The summed E-state index contributed by atoms with van der Waals surface area (Å²) in [6, 6.07) is 9.89. The van der Waals surface area contributed by atoms with E-state index in [0.717, 1.165) is 41.0 Å². The van der Waals surface area contributed by atoms with Crippen LogP contribution < -0.4 is 0 Å². The van der Waals surface area contributed by atoms with E-state index in [1.165, 1.54) is 0 Å². The fourth-order valence-corrected chi connectivity index (χ4v) is 6.29. The lowest BCUT2D eigenvalue weighted by atomic mass is 9.85. The third-order valence-electron chi connectivity index (χ3n) is 6.08. The summed E-state index contributed by atoms with van der Waals surface area (Å²) in [6.45, 7) is 11.2. The highest BCUT2D eigenvalue weighted by Crippen LogP contribution is 2.34. The van der Waals surface area contributed by atoms with Gasteiger partial charge in [0, 0.05) is 25.2 Å². The first-order valence-electron chi connectivity index (χ1n) is 10.5. The van der Waals surface area contributed by atoms with Gasteiger partial charge in [0.2, 0.25) is 10.0 Å². The zero-order valence-corrected chi connectivity index (χ0v) is 19.2. The van der Waals surface area contributed by atoms with Gasteiger partial charge in [0.05, 0.1) is 4.90 Å². The number of piperidine rings is 1. The van der Waals surface area contributed by atoms with E-state index in [0.29, 0.717) is 18.0 Å². The Kier molecular flexibility index (Phi) is 5.22. The molecule has 0 radical (unpaired) electrons. The number of pyridine rings is 1. The normalized spacial score (nSPS) is 17.0. The highest BCUT2D eigenvalue weighted by Gasteiger charge is 2.34. The number of nitrogens with zero attached hydrogens (tertiary/aromatic N) is 4. The minimum absolute atomic E-state index is 0.0167. The predicted molar refractivity (Wildman–Crippen MR) is 118 cm³/mol. The van der Waals surface area contributed by atoms with Crippen LogP contribution in [0.4, 0.5) is 0 Å². The molecule has 30 heavy (non-hydrogen) atoms. The van der Waals surface area contributed by atoms with Crippen molar-refractivity contribution in [2.75, 3.05) is 13.1 Å². The maximum absolute atomic E-state index is 13.5. The Morgan fingerprint density at radius 2 is 1.63 bits per heavy atom. The number of rotatable bonds is 3. The molecule has 3 heterocycles. The van der Waals surface area contributed by atoms with Gasteiger partial charge in [-0.15, -0.1) is 10.2 Å². The summed E-state index contributed by atoms with van der Waals surface area (Å²) in [6.07, 6.45) is 3.46. The van der Waals surface area contributed by atoms with Gasteiger partial charge in [-0.2, -0.15) is 4.31 Å². The molecule has 6 nitrogen and oxygen atoms in total. The molecular formula is C23H30N4O2S. The summed E-state index contributed by atoms with van der Waals surface area (Å²) in [5.41, 5.74) is 3.62. The van der Waals surface area contributed by atoms with Crippen LogP contribution in [0, 0.1) is 13.8 Å². The van der Waals surface area contributed by atoms with Gasteiger partial charge in [0.15, 0.2) is 5.65 Å². The van der Waals surface area contributed by atoms with Crippen LogP contribution >= 0.6 is 0 Å². The number of sulfonamides is 1. The van der Waals surface area contributed by atoms with E-state index in [-0.39, 0.29) is 11.3 Å². The predicted octanol–water partition coefficient (Wildman–Crippen LogP) is 4.21. The SMILES string of the molecule is Cc1cc(C(C)(C)C)cc(C)c1S(=O)(=O)N1CCC(c2nnc3ccccn23)CC1. The monoisotopic (exact) mass is 426 g/mol. The Morgan fingerprint density at radius 3 is 2.23 bits per heavy atom. The van der Waals surface area contributed by atoms with E-state index in [1.54, 1.807) is 4.31 Å². The van der Waals surface area contributed by atoms with Crippen molar-refractivity contribution in [3.63, 3.8) is 0 Å². The third-order valence-corrected chi connectivity index (χ3v) is 8.29. The molecule has 1 saturated heterocycles. The van der Waals surface area contributed by atoms with Gasteiger partial charge in [-0.05, 0) is 60.9 Å². The van der Waals surface area contributed by atoms with Crippen molar-refractivity contribution in [2.24, 2.45) is 0 Å². The molecule has 0 unspecified atom stereocenters. The molecule has 0 N–H and O–H groups in total. The Hall–Kier alpha value is -2.25. The van der Waals surface area contributed by atoms with Crippen molar-refractivity contribution in [3.05, 3.63) is 59.0 Å². The second-order valence-electron chi connectivity index (χ2n) is 9.35. The van der Waals surface area contributed by atoms with Crippen LogP contribution in [0.25, 0.3) is 5.65 Å². The van der Waals surface area contributed by atoms with Gasteiger partial charge >= 0.3 is 0 Å². The first-order valence-corrected chi connectivity index (χ1v) is 11.9. The first kappa shape index (κ1) is 21.0. The quantitative estimate of drug-likeness (QED) is 0.629. The Morgan fingerprint density at radius 1 is 1.00 bits per heavy atom. The van der Waals surface area contributed by atoms with E-state index in [4.69, 9.17) is 0 Å². The topological polar surface area (TPSA) is 67.6 Å².